The molecule has 3 rings (SSSR count). The molecule has 1 atom stereocenters. The molecule has 0 spiro atoms. The second-order valence-electron chi connectivity index (χ2n) is 6.96. The van der Waals surface area contributed by atoms with E-state index in [1.807, 2.05) is 0 Å². The van der Waals surface area contributed by atoms with Crippen molar-refractivity contribution in [3.8, 4) is 0 Å². The summed E-state index contributed by atoms with van der Waals surface area (Å²) in [6, 6.07) is 8.44. The van der Waals surface area contributed by atoms with Gasteiger partial charge in [-0.1, -0.05) is 43.5 Å². The number of carbonyl (C=O) groups is 1. The first-order valence-corrected chi connectivity index (χ1v) is 8.86. The number of benzene rings is 1. The number of hydrogen-bond donors (Lipinski definition) is 2. The van der Waals surface area contributed by atoms with Crippen LogP contribution in [0.3, 0.4) is 0 Å². The summed E-state index contributed by atoms with van der Waals surface area (Å²) in [6.07, 6.45) is 6.11. The van der Waals surface area contributed by atoms with E-state index in [0.29, 0.717) is 13.2 Å². The quantitative estimate of drug-likeness (QED) is 0.896. The van der Waals surface area contributed by atoms with E-state index >= 15 is 0 Å². The van der Waals surface area contributed by atoms with E-state index in [2.05, 4.69) is 41.8 Å². The van der Waals surface area contributed by atoms with E-state index < -0.39 is 0 Å². The predicted molar refractivity (Wildman–Crippen MR) is 91.6 cm³/mol. The van der Waals surface area contributed by atoms with Gasteiger partial charge in [-0.2, -0.15) is 0 Å². The van der Waals surface area contributed by atoms with Crippen LogP contribution >= 0.6 is 0 Å². The van der Waals surface area contributed by atoms with Crippen LogP contribution in [0, 0.1) is 6.92 Å². The molecule has 1 saturated carbocycles. The molecular weight excluding hydrogens is 288 g/mol. The van der Waals surface area contributed by atoms with E-state index in [1.165, 1.54) is 30.4 Å². The molecule has 1 aliphatic carbocycles. The molecular formula is C19H28N2O2. The van der Waals surface area contributed by atoms with Crippen molar-refractivity contribution < 1.29 is 9.53 Å². The molecule has 2 fully saturated rings. The Bertz CT molecular complexity index is 532. The number of amides is 1. The minimum Gasteiger partial charge on any atom is -0.378 e. The molecule has 1 saturated heterocycles. The van der Waals surface area contributed by atoms with E-state index in [1.54, 1.807) is 0 Å². The smallest absolute Gasteiger partial charge is 0.239 e. The van der Waals surface area contributed by atoms with Gasteiger partial charge in [0.25, 0.3) is 0 Å². The summed E-state index contributed by atoms with van der Waals surface area (Å²) in [6.45, 7) is 4.83. The van der Waals surface area contributed by atoms with Crippen molar-refractivity contribution in [2.45, 2.75) is 50.5 Å². The summed E-state index contributed by atoms with van der Waals surface area (Å²) < 4.78 is 5.40. The zero-order valence-electron chi connectivity index (χ0n) is 14.1. The van der Waals surface area contributed by atoms with Crippen molar-refractivity contribution in [1.29, 1.82) is 0 Å². The molecule has 4 nitrogen and oxygen atoms in total. The lowest BCUT2D eigenvalue weighted by molar-refractivity contribution is -0.126. The Balaban J connectivity index is 1.72. The second-order valence-corrected chi connectivity index (χ2v) is 6.96. The van der Waals surface area contributed by atoms with Gasteiger partial charge in [0.2, 0.25) is 5.91 Å². The summed E-state index contributed by atoms with van der Waals surface area (Å²) >= 11 is 0. The highest BCUT2D eigenvalue weighted by atomic mass is 16.5. The first-order chi connectivity index (χ1) is 11.2. The van der Waals surface area contributed by atoms with Crippen LogP contribution < -0.4 is 10.6 Å². The maximum atomic E-state index is 12.4. The summed E-state index contributed by atoms with van der Waals surface area (Å²) in [5.41, 5.74) is 2.84. The third-order valence-electron chi connectivity index (χ3n) is 5.37. The van der Waals surface area contributed by atoms with Gasteiger partial charge in [0, 0.05) is 18.5 Å². The van der Waals surface area contributed by atoms with Gasteiger partial charge in [0.15, 0.2) is 0 Å². The number of morpholine rings is 1. The molecule has 1 unspecified atom stereocenters. The Kier molecular flexibility index (Phi) is 5.34. The number of carbonyl (C=O) groups excluding carboxylic acids is 1. The number of aryl methyl sites for hydroxylation is 1. The predicted octanol–water partition coefficient (Wildman–Crippen LogP) is 2.30. The molecule has 1 heterocycles. The van der Waals surface area contributed by atoms with Crippen molar-refractivity contribution >= 4 is 5.91 Å². The van der Waals surface area contributed by atoms with Crippen LogP contribution in [0.2, 0.25) is 0 Å². The van der Waals surface area contributed by atoms with Gasteiger partial charge < -0.3 is 15.4 Å². The average Bonchev–Trinajstić information content (AvgIpc) is 2.61. The van der Waals surface area contributed by atoms with E-state index in [0.717, 1.165) is 25.9 Å². The maximum Gasteiger partial charge on any atom is 0.239 e. The fraction of sp³-hybridized carbons (Fsp3) is 0.632. The van der Waals surface area contributed by atoms with Gasteiger partial charge in [-0.3, -0.25) is 4.79 Å². The lowest BCUT2D eigenvalue weighted by Crippen LogP contribution is -2.53. The van der Waals surface area contributed by atoms with Crippen molar-refractivity contribution in [2.75, 3.05) is 26.3 Å². The topological polar surface area (TPSA) is 50.4 Å². The standard InChI is InChI=1S/C19H28N2O2/c1-15-7-3-4-8-16(15)19(9-5-2-6-10-19)14-21-18(22)17-13-23-12-11-20-17/h3-4,7-8,17,20H,2,5-6,9-14H2,1H3,(H,21,22). The molecule has 1 amide bonds. The van der Waals surface area contributed by atoms with Gasteiger partial charge in [-0.15, -0.1) is 0 Å². The molecule has 23 heavy (non-hydrogen) atoms. The molecule has 126 valence electrons. The number of ether oxygens (including phenoxy) is 1. The first kappa shape index (κ1) is 16.5. The molecule has 0 radical (unpaired) electrons. The van der Waals surface area contributed by atoms with E-state index in [9.17, 15) is 4.79 Å². The van der Waals surface area contributed by atoms with Gasteiger partial charge in [-0.25, -0.2) is 0 Å². The molecule has 1 aromatic rings. The van der Waals surface area contributed by atoms with E-state index in [-0.39, 0.29) is 17.4 Å². The Morgan fingerprint density at radius 1 is 1.30 bits per heavy atom. The Morgan fingerprint density at radius 3 is 2.78 bits per heavy atom. The molecule has 1 aromatic carbocycles. The fourth-order valence-electron chi connectivity index (χ4n) is 4.05. The van der Waals surface area contributed by atoms with Crippen LogP contribution in [0.25, 0.3) is 0 Å². The van der Waals surface area contributed by atoms with Gasteiger partial charge in [-0.05, 0) is 30.9 Å². The van der Waals surface area contributed by atoms with Crippen molar-refractivity contribution in [3.05, 3.63) is 35.4 Å². The Hall–Kier alpha value is -1.39. The molecule has 2 aliphatic rings. The van der Waals surface area contributed by atoms with Gasteiger partial charge in [0.05, 0.1) is 13.2 Å². The summed E-state index contributed by atoms with van der Waals surface area (Å²) in [4.78, 5) is 12.4. The van der Waals surface area contributed by atoms with Crippen LogP contribution in [-0.4, -0.2) is 38.3 Å². The lowest BCUT2D eigenvalue weighted by atomic mass is 9.68. The largest absolute Gasteiger partial charge is 0.378 e. The normalized spacial score (nSPS) is 24.1. The third kappa shape index (κ3) is 3.75. The van der Waals surface area contributed by atoms with E-state index in [4.69, 9.17) is 4.74 Å². The molecule has 1 aliphatic heterocycles. The zero-order valence-corrected chi connectivity index (χ0v) is 14.1. The van der Waals surface area contributed by atoms with Crippen molar-refractivity contribution in [1.82, 2.24) is 10.6 Å². The lowest BCUT2D eigenvalue weighted by Gasteiger charge is -2.39. The maximum absolute atomic E-state index is 12.4. The van der Waals surface area contributed by atoms with Crippen LogP contribution in [0.5, 0.6) is 0 Å². The summed E-state index contributed by atoms with van der Waals surface area (Å²) in [5, 5.41) is 6.44. The molecule has 4 heteroatoms. The number of rotatable bonds is 4. The first-order valence-electron chi connectivity index (χ1n) is 8.86. The minimum absolute atomic E-state index is 0.0724. The highest BCUT2D eigenvalue weighted by molar-refractivity contribution is 5.82. The Labute approximate surface area is 139 Å². The fourth-order valence-corrected chi connectivity index (χ4v) is 4.05. The number of hydrogen-bond acceptors (Lipinski definition) is 3. The molecule has 2 N–H and O–H groups in total. The molecule has 0 bridgehead atoms. The third-order valence-corrected chi connectivity index (χ3v) is 5.37. The van der Waals surface area contributed by atoms with Crippen LogP contribution in [0.1, 0.15) is 43.2 Å². The van der Waals surface area contributed by atoms with Crippen LogP contribution in [-0.2, 0) is 14.9 Å². The highest BCUT2D eigenvalue weighted by Crippen LogP contribution is 2.40. The minimum atomic E-state index is -0.207. The van der Waals surface area contributed by atoms with Crippen LogP contribution in [0.15, 0.2) is 24.3 Å². The van der Waals surface area contributed by atoms with Gasteiger partial charge >= 0.3 is 0 Å². The average molecular weight is 316 g/mol. The SMILES string of the molecule is Cc1ccccc1C1(CNC(=O)C2COCCN2)CCCCC1. The highest BCUT2D eigenvalue weighted by Gasteiger charge is 2.36. The summed E-state index contributed by atoms with van der Waals surface area (Å²) in [5.74, 6) is 0.0724. The molecule has 0 aromatic heterocycles. The monoisotopic (exact) mass is 316 g/mol. The van der Waals surface area contributed by atoms with Crippen molar-refractivity contribution in [2.24, 2.45) is 0 Å². The Morgan fingerprint density at radius 2 is 2.09 bits per heavy atom. The second kappa shape index (κ2) is 7.45. The van der Waals surface area contributed by atoms with Crippen LogP contribution in [0.4, 0.5) is 0 Å². The zero-order chi connectivity index (χ0) is 16.1. The number of nitrogens with one attached hydrogen (secondary N) is 2. The van der Waals surface area contributed by atoms with Gasteiger partial charge in [0.1, 0.15) is 6.04 Å². The summed E-state index contributed by atoms with van der Waals surface area (Å²) in [7, 11) is 0. The van der Waals surface area contributed by atoms with Crippen molar-refractivity contribution in [3.63, 3.8) is 0 Å².